The fraction of sp³-hybridized carbons (Fsp3) is 0.481. The number of anilines is 1. The van der Waals surface area contributed by atoms with Crippen molar-refractivity contribution in [2.45, 2.75) is 65.5 Å². The molecule has 198 valence electrons. The topological polar surface area (TPSA) is 86.8 Å². The zero-order valence-electron chi connectivity index (χ0n) is 21.7. The largest absolute Gasteiger partial charge is 0.354 e. The second-order valence-electron chi connectivity index (χ2n) is 8.95. The van der Waals surface area contributed by atoms with Gasteiger partial charge < -0.3 is 10.2 Å². The molecule has 0 aromatic heterocycles. The van der Waals surface area contributed by atoms with Crippen LogP contribution in [-0.2, 0) is 26.2 Å². The molecule has 0 bridgehead atoms. The van der Waals surface area contributed by atoms with E-state index in [1.807, 2.05) is 44.2 Å². The van der Waals surface area contributed by atoms with E-state index in [9.17, 15) is 18.0 Å². The first kappa shape index (κ1) is 29.6. The van der Waals surface area contributed by atoms with Gasteiger partial charge in [-0.2, -0.15) is 0 Å². The number of unbranched alkanes of at least 4 members (excludes halogenated alkanes) is 1. The van der Waals surface area contributed by atoms with E-state index in [0.717, 1.165) is 30.2 Å². The molecular weight excluding hydrogens is 498 g/mol. The molecule has 0 saturated heterocycles. The third kappa shape index (κ3) is 8.82. The Hall–Kier alpha value is -2.58. The molecule has 0 aliphatic carbocycles. The number of nitrogens with one attached hydrogen (secondary N) is 1. The van der Waals surface area contributed by atoms with Gasteiger partial charge in [0.05, 0.1) is 11.9 Å². The lowest BCUT2D eigenvalue weighted by molar-refractivity contribution is -0.141. The molecule has 2 amide bonds. The highest BCUT2D eigenvalue weighted by molar-refractivity contribution is 7.92. The first-order valence-electron chi connectivity index (χ1n) is 12.4. The molecule has 7 nitrogen and oxygen atoms in total. The van der Waals surface area contributed by atoms with Crippen molar-refractivity contribution in [3.63, 3.8) is 0 Å². The Morgan fingerprint density at radius 2 is 1.75 bits per heavy atom. The fourth-order valence-electron chi connectivity index (χ4n) is 4.04. The van der Waals surface area contributed by atoms with E-state index in [1.54, 1.807) is 23.1 Å². The van der Waals surface area contributed by atoms with E-state index in [2.05, 4.69) is 12.2 Å². The van der Waals surface area contributed by atoms with Crippen LogP contribution in [0.1, 0.15) is 57.1 Å². The average Bonchev–Trinajstić information content (AvgIpc) is 2.83. The van der Waals surface area contributed by atoms with E-state index in [4.69, 9.17) is 11.6 Å². The van der Waals surface area contributed by atoms with Crippen LogP contribution >= 0.6 is 11.6 Å². The second kappa shape index (κ2) is 14.2. The number of rotatable bonds is 14. The molecule has 2 aromatic carbocycles. The van der Waals surface area contributed by atoms with Crippen molar-refractivity contribution in [2.75, 3.05) is 23.7 Å². The predicted molar refractivity (Wildman–Crippen MR) is 147 cm³/mol. The van der Waals surface area contributed by atoms with Crippen LogP contribution in [0.15, 0.2) is 48.5 Å². The van der Waals surface area contributed by atoms with E-state index >= 15 is 0 Å². The number of halogens is 1. The molecular formula is C27H38ClN3O4S. The van der Waals surface area contributed by atoms with Gasteiger partial charge in [-0.3, -0.25) is 13.9 Å². The third-order valence-corrected chi connectivity index (χ3v) is 7.42. The molecule has 9 heteroatoms. The van der Waals surface area contributed by atoms with Crippen LogP contribution in [0.2, 0.25) is 5.02 Å². The molecule has 1 N–H and O–H groups in total. The monoisotopic (exact) mass is 535 g/mol. The zero-order valence-corrected chi connectivity index (χ0v) is 23.2. The minimum absolute atomic E-state index is 0.108. The normalized spacial score (nSPS) is 12.1. The van der Waals surface area contributed by atoms with Crippen molar-refractivity contribution in [2.24, 2.45) is 0 Å². The minimum atomic E-state index is -3.59. The Morgan fingerprint density at radius 1 is 1.06 bits per heavy atom. The van der Waals surface area contributed by atoms with Crippen molar-refractivity contribution in [1.29, 1.82) is 0 Å². The van der Waals surface area contributed by atoms with Crippen molar-refractivity contribution >= 4 is 39.1 Å². The highest BCUT2D eigenvalue weighted by Gasteiger charge is 2.28. The second-order valence-corrected chi connectivity index (χ2v) is 11.3. The summed E-state index contributed by atoms with van der Waals surface area (Å²) in [5.41, 5.74) is 2.20. The van der Waals surface area contributed by atoms with Crippen molar-refractivity contribution in [3.05, 3.63) is 64.7 Å². The lowest BCUT2D eigenvalue weighted by Crippen LogP contribution is -2.49. The summed E-state index contributed by atoms with van der Waals surface area (Å²) in [6, 6.07) is 14.1. The van der Waals surface area contributed by atoms with Crippen molar-refractivity contribution in [3.8, 4) is 0 Å². The molecule has 0 aliphatic heterocycles. The number of amides is 2. The maximum Gasteiger partial charge on any atom is 0.242 e. The molecule has 0 radical (unpaired) electrons. The molecule has 1 atom stereocenters. The van der Waals surface area contributed by atoms with E-state index in [1.165, 1.54) is 4.31 Å². The minimum Gasteiger partial charge on any atom is -0.354 e. The van der Waals surface area contributed by atoms with Crippen molar-refractivity contribution in [1.82, 2.24) is 10.2 Å². The van der Waals surface area contributed by atoms with E-state index < -0.39 is 16.1 Å². The van der Waals surface area contributed by atoms with Crippen LogP contribution in [0.3, 0.4) is 0 Å². The highest BCUT2D eigenvalue weighted by Crippen LogP contribution is 2.27. The number of nitrogens with zero attached hydrogens (tertiary/aromatic N) is 2. The predicted octanol–water partition coefficient (Wildman–Crippen LogP) is 4.92. The molecule has 2 aromatic rings. The summed E-state index contributed by atoms with van der Waals surface area (Å²) in [6.45, 7) is 6.77. The van der Waals surface area contributed by atoms with E-state index in [0.29, 0.717) is 36.6 Å². The number of hydrogen-bond donors (Lipinski definition) is 1. The number of carbonyl (C=O) groups excluding carboxylic acids is 2. The number of hydrogen-bond acceptors (Lipinski definition) is 4. The summed E-state index contributed by atoms with van der Waals surface area (Å²) in [5, 5.41) is 3.39. The molecule has 36 heavy (non-hydrogen) atoms. The van der Waals surface area contributed by atoms with Gasteiger partial charge in [-0.05, 0) is 49.4 Å². The average molecular weight is 536 g/mol. The third-order valence-electron chi connectivity index (χ3n) is 6.00. The lowest BCUT2D eigenvalue weighted by Gasteiger charge is -2.31. The number of carbonyl (C=O) groups is 2. The van der Waals surface area contributed by atoms with Gasteiger partial charge in [0, 0.05) is 31.1 Å². The molecule has 0 unspecified atom stereocenters. The number of benzene rings is 2. The maximum absolute atomic E-state index is 13.4. The van der Waals surface area contributed by atoms with Gasteiger partial charge in [0.15, 0.2) is 0 Å². The summed E-state index contributed by atoms with van der Waals surface area (Å²) in [6.07, 6.45) is 3.87. The van der Waals surface area contributed by atoms with E-state index in [-0.39, 0.29) is 24.8 Å². The van der Waals surface area contributed by atoms with Gasteiger partial charge in [0.25, 0.3) is 0 Å². The quantitative estimate of drug-likeness (QED) is 0.348. The summed E-state index contributed by atoms with van der Waals surface area (Å²) in [5.74, 6) is -0.352. The fourth-order valence-corrected chi connectivity index (χ4v) is 5.22. The SMILES string of the molecule is CCCCNC(=O)[C@@H](CC)N(Cc1ccccc1)C(=O)CCCN(c1cc(Cl)ccc1C)S(C)(=O)=O. The van der Waals surface area contributed by atoms with Gasteiger partial charge in [0.1, 0.15) is 6.04 Å². The van der Waals surface area contributed by atoms with Gasteiger partial charge in [-0.1, -0.05) is 68.3 Å². The Kier molecular flexibility index (Phi) is 11.7. The highest BCUT2D eigenvalue weighted by atomic mass is 35.5. The molecule has 2 rings (SSSR count). The van der Waals surface area contributed by atoms with Gasteiger partial charge in [0.2, 0.25) is 21.8 Å². The van der Waals surface area contributed by atoms with Gasteiger partial charge in [-0.15, -0.1) is 0 Å². The van der Waals surface area contributed by atoms with Crippen LogP contribution in [0, 0.1) is 6.92 Å². The molecule has 0 heterocycles. The van der Waals surface area contributed by atoms with Crippen LogP contribution in [0.25, 0.3) is 0 Å². The summed E-state index contributed by atoms with van der Waals surface area (Å²) >= 11 is 6.12. The Morgan fingerprint density at radius 3 is 2.36 bits per heavy atom. The van der Waals surface area contributed by atoms with Crippen LogP contribution in [0.4, 0.5) is 5.69 Å². The Bertz CT molecular complexity index is 1110. The smallest absolute Gasteiger partial charge is 0.242 e. The first-order valence-corrected chi connectivity index (χ1v) is 14.7. The molecule has 0 aliphatic rings. The van der Waals surface area contributed by atoms with Gasteiger partial charge in [-0.25, -0.2) is 8.42 Å². The summed E-state index contributed by atoms with van der Waals surface area (Å²) < 4.78 is 26.4. The first-order chi connectivity index (χ1) is 17.1. The molecule has 0 spiro atoms. The Labute approximate surface area is 220 Å². The molecule has 0 fully saturated rings. The zero-order chi connectivity index (χ0) is 26.7. The van der Waals surface area contributed by atoms with Crippen molar-refractivity contribution < 1.29 is 18.0 Å². The molecule has 0 saturated carbocycles. The van der Waals surface area contributed by atoms with Crippen LogP contribution in [0.5, 0.6) is 0 Å². The van der Waals surface area contributed by atoms with Gasteiger partial charge >= 0.3 is 0 Å². The number of aryl methyl sites for hydroxylation is 1. The van der Waals surface area contributed by atoms with Crippen LogP contribution in [-0.4, -0.2) is 50.5 Å². The summed E-state index contributed by atoms with van der Waals surface area (Å²) in [4.78, 5) is 28.0. The Balaban J connectivity index is 2.20. The lowest BCUT2D eigenvalue weighted by atomic mass is 10.1. The summed E-state index contributed by atoms with van der Waals surface area (Å²) in [7, 11) is -3.59. The maximum atomic E-state index is 13.4. The standard InChI is InChI=1S/C27H38ClN3O4S/c1-5-7-17-29-27(33)24(6-2)30(20-22-12-9-8-10-13-22)26(32)14-11-18-31(36(4,34)35)25-19-23(28)16-15-21(25)3/h8-10,12-13,15-16,19,24H,5-7,11,14,17-18,20H2,1-4H3,(H,29,33)/t24-/m1/s1. The van der Waals surface area contributed by atoms with Crippen LogP contribution < -0.4 is 9.62 Å². The number of sulfonamides is 1.